The molecule has 5 aliphatic rings. The number of rotatable bonds is 7. The molecule has 0 radical (unpaired) electrons. The Kier molecular flexibility index (Phi) is 7.95. The summed E-state index contributed by atoms with van der Waals surface area (Å²) in [5, 5.41) is 31.3. The zero-order valence-electron chi connectivity index (χ0n) is 24.5. The molecule has 5 nitrogen and oxygen atoms in total. The molecule has 3 N–H and O–H groups in total. The Balaban J connectivity index is 1.27. The van der Waals surface area contributed by atoms with E-state index >= 15 is 0 Å². The minimum Gasteiger partial charge on any atom is -0.396 e. The minimum atomic E-state index is -0.947. The number of aliphatic hydroxyl groups excluding tert-OH is 3. The van der Waals surface area contributed by atoms with Crippen molar-refractivity contribution >= 4 is 5.78 Å². The molecule has 5 heteroatoms. The first-order valence-corrected chi connectivity index (χ1v) is 15.3. The molecule has 1 unspecified atom stereocenters. The van der Waals surface area contributed by atoms with Crippen molar-refractivity contribution < 1.29 is 24.9 Å². The first kappa shape index (κ1) is 29.0. The molecule has 0 spiro atoms. The quantitative estimate of drug-likeness (QED) is 0.354. The van der Waals surface area contributed by atoms with Gasteiger partial charge in [0.1, 0.15) is 12.2 Å². The van der Waals surface area contributed by atoms with Crippen LogP contribution in [-0.4, -0.2) is 52.6 Å². The highest BCUT2D eigenvalue weighted by Gasteiger charge is 2.51. The fourth-order valence-corrected chi connectivity index (χ4v) is 8.30. The third kappa shape index (κ3) is 5.41. The van der Waals surface area contributed by atoms with Gasteiger partial charge < -0.3 is 20.1 Å². The lowest BCUT2D eigenvalue weighted by Gasteiger charge is -2.44. The predicted molar refractivity (Wildman–Crippen MR) is 154 cm³/mol. The van der Waals surface area contributed by atoms with Gasteiger partial charge in [-0.25, -0.2) is 0 Å². The highest BCUT2D eigenvalue weighted by molar-refractivity contribution is 6.01. The largest absolute Gasteiger partial charge is 0.396 e. The molecular weight excluding hydrogens is 488 g/mol. The van der Waals surface area contributed by atoms with Crippen molar-refractivity contribution in [2.24, 2.45) is 34.0 Å². The van der Waals surface area contributed by atoms with Crippen molar-refractivity contribution in [1.82, 2.24) is 0 Å². The summed E-state index contributed by atoms with van der Waals surface area (Å²) in [4.78, 5) is 12.9. The van der Waals surface area contributed by atoms with Gasteiger partial charge in [0.25, 0.3) is 0 Å². The van der Waals surface area contributed by atoms with Crippen LogP contribution in [0.5, 0.6) is 0 Å². The number of hydrogen-bond donors (Lipinski definition) is 3. The van der Waals surface area contributed by atoms with Crippen molar-refractivity contribution in [2.75, 3.05) is 13.2 Å². The number of allylic oxidation sites excluding steroid dienone is 5. The molecule has 5 saturated carbocycles. The van der Waals surface area contributed by atoms with Gasteiger partial charge in [0.05, 0.1) is 19.3 Å². The van der Waals surface area contributed by atoms with E-state index in [0.717, 1.165) is 43.3 Å². The standard InChI is InChI=1S/C34H50O5/c1-21(17-25-12-14-32(3,4)31(25)38)26-10-11-27-23(7-6-13-33(26,27)5)8-9-24-18-28(36)30(29(37)22(24)2)39-20-34(19-35)15-16-34/h8-9,17,21,26-30,35-37H,2,6-7,10-16,18-20H2,1,3-5H3/b23-8+,24-9-,25-17+/t21?,26-,27+,28-,29-,30+,33-/m1/s1. The van der Waals surface area contributed by atoms with Gasteiger partial charge >= 0.3 is 0 Å². The average Bonchev–Trinajstić information content (AvgIpc) is 3.52. The maximum Gasteiger partial charge on any atom is 0.164 e. The first-order valence-electron chi connectivity index (χ1n) is 15.3. The van der Waals surface area contributed by atoms with E-state index < -0.39 is 18.3 Å². The molecular formula is C34H50O5. The fourth-order valence-electron chi connectivity index (χ4n) is 8.30. The lowest BCUT2D eigenvalue weighted by atomic mass is 9.61. The number of Topliss-reactive ketones (excluding diaryl/α,β-unsaturated/α-hetero) is 1. The number of ketones is 1. The van der Waals surface area contributed by atoms with Crippen LogP contribution >= 0.6 is 0 Å². The van der Waals surface area contributed by atoms with E-state index in [9.17, 15) is 20.1 Å². The summed E-state index contributed by atoms with van der Waals surface area (Å²) in [6.45, 7) is 13.6. The third-order valence-corrected chi connectivity index (χ3v) is 11.3. The van der Waals surface area contributed by atoms with E-state index in [1.165, 1.54) is 31.3 Å². The van der Waals surface area contributed by atoms with E-state index in [1.54, 1.807) is 0 Å². The van der Waals surface area contributed by atoms with Crippen LogP contribution in [0.4, 0.5) is 0 Å². The average molecular weight is 539 g/mol. The van der Waals surface area contributed by atoms with Crippen LogP contribution in [0.2, 0.25) is 0 Å². The summed E-state index contributed by atoms with van der Waals surface area (Å²) >= 11 is 0. The second kappa shape index (κ2) is 10.7. The molecule has 0 aromatic carbocycles. The van der Waals surface area contributed by atoms with Crippen LogP contribution in [-0.2, 0) is 9.53 Å². The fraction of sp³-hybridized carbons (Fsp3) is 0.735. The van der Waals surface area contributed by atoms with Crippen LogP contribution in [0, 0.1) is 34.0 Å². The molecule has 0 aromatic rings. The van der Waals surface area contributed by atoms with Crippen molar-refractivity contribution in [3.05, 3.63) is 47.1 Å². The van der Waals surface area contributed by atoms with Gasteiger partial charge in [-0.1, -0.05) is 58.1 Å². The number of carbonyl (C=O) groups excluding carboxylic acids is 1. The van der Waals surface area contributed by atoms with Crippen LogP contribution < -0.4 is 0 Å². The molecule has 0 heterocycles. The maximum absolute atomic E-state index is 12.9. The van der Waals surface area contributed by atoms with Crippen molar-refractivity contribution in [2.45, 2.75) is 110 Å². The van der Waals surface area contributed by atoms with Crippen LogP contribution in [0.3, 0.4) is 0 Å². The minimum absolute atomic E-state index is 0.0824. The number of ether oxygens (including phenoxy) is 1. The second-order valence-electron chi connectivity index (χ2n) is 14.5. The Morgan fingerprint density at radius 1 is 1.05 bits per heavy atom. The van der Waals surface area contributed by atoms with Crippen LogP contribution in [0.1, 0.15) is 91.9 Å². The molecule has 5 fully saturated rings. The molecule has 0 bridgehead atoms. The van der Waals surface area contributed by atoms with Crippen LogP contribution in [0.15, 0.2) is 47.1 Å². The van der Waals surface area contributed by atoms with Crippen LogP contribution in [0.25, 0.3) is 0 Å². The SMILES string of the molecule is C=C1/C(=C\C=C2/CCC[C@]3(C)[C@@H](C(C)/C=C4\CCC(C)(C)C4=O)CC[C@@H]23)C[C@@H](O)[C@H](OCC2(CO)CC2)[C@@H]1O. The molecule has 0 saturated heterocycles. The summed E-state index contributed by atoms with van der Waals surface area (Å²) in [7, 11) is 0. The van der Waals surface area contributed by atoms with E-state index in [2.05, 4.69) is 52.5 Å². The molecule has 216 valence electrons. The monoisotopic (exact) mass is 538 g/mol. The van der Waals surface area contributed by atoms with Gasteiger partial charge in [0.15, 0.2) is 5.78 Å². The number of aliphatic hydroxyl groups is 3. The van der Waals surface area contributed by atoms with Crippen molar-refractivity contribution in [3.63, 3.8) is 0 Å². The van der Waals surface area contributed by atoms with Crippen molar-refractivity contribution in [3.8, 4) is 0 Å². The normalized spacial score (nSPS) is 41.4. The Morgan fingerprint density at radius 2 is 1.79 bits per heavy atom. The molecule has 0 aromatic heterocycles. The molecule has 0 amide bonds. The topological polar surface area (TPSA) is 87.0 Å². The summed E-state index contributed by atoms with van der Waals surface area (Å²) < 4.78 is 5.92. The summed E-state index contributed by atoms with van der Waals surface area (Å²) in [5.41, 5.74) is 3.88. The highest BCUT2D eigenvalue weighted by atomic mass is 16.5. The number of fused-ring (bicyclic) bond motifs is 1. The Labute approximate surface area is 235 Å². The van der Waals surface area contributed by atoms with E-state index in [1.807, 2.05) is 0 Å². The van der Waals surface area contributed by atoms with E-state index in [4.69, 9.17) is 4.74 Å². The highest BCUT2D eigenvalue weighted by Crippen LogP contribution is 2.60. The van der Waals surface area contributed by atoms with Crippen molar-refractivity contribution in [1.29, 1.82) is 0 Å². The Hall–Kier alpha value is -1.53. The first-order chi connectivity index (χ1) is 18.4. The van der Waals surface area contributed by atoms with Gasteiger partial charge in [-0.3, -0.25) is 4.79 Å². The molecule has 7 atom stereocenters. The van der Waals surface area contributed by atoms with Gasteiger partial charge in [0, 0.05) is 17.3 Å². The van der Waals surface area contributed by atoms with Gasteiger partial charge in [-0.05, 0) is 97.7 Å². The molecule has 5 rings (SSSR count). The Morgan fingerprint density at radius 3 is 2.44 bits per heavy atom. The maximum atomic E-state index is 12.9. The predicted octanol–water partition coefficient (Wildman–Crippen LogP) is 5.85. The Bertz CT molecular complexity index is 1080. The third-order valence-electron chi connectivity index (χ3n) is 11.3. The second-order valence-corrected chi connectivity index (χ2v) is 14.5. The molecule has 0 aliphatic heterocycles. The summed E-state index contributed by atoms with van der Waals surface area (Å²) in [6, 6.07) is 0. The van der Waals surface area contributed by atoms with E-state index in [-0.39, 0.29) is 22.9 Å². The lowest BCUT2D eigenvalue weighted by Crippen LogP contribution is -2.46. The number of carbonyl (C=O) groups is 1. The smallest absolute Gasteiger partial charge is 0.164 e. The number of hydrogen-bond acceptors (Lipinski definition) is 5. The lowest BCUT2D eigenvalue weighted by molar-refractivity contribution is -0.121. The van der Waals surface area contributed by atoms with E-state index in [0.29, 0.717) is 42.1 Å². The molecule has 39 heavy (non-hydrogen) atoms. The zero-order valence-corrected chi connectivity index (χ0v) is 24.5. The van der Waals surface area contributed by atoms with Gasteiger partial charge in [-0.2, -0.15) is 0 Å². The zero-order chi connectivity index (χ0) is 28.2. The molecule has 5 aliphatic carbocycles. The summed E-state index contributed by atoms with van der Waals surface area (Å²) in [5.74, 6) is 1.84. The van der Waals surface area contributed by atoms with Gasteiger partial charge in [0.2, 0.25) is 0 Å². The van der Waals surface area contributed by atoms with Gasteiger partial charge in [-0.15, -0.1) is 0 Å². The summed E-state index contributed by atoms with van der Waals surface area (Å²) in [6.07, 6.45) is 14.2.